The molecule has 22 heavy (non-hydrogen) atoms. The van der Waals surface area contributed by atoms with Crippen LogP contribution < -0.4 is 0 Å². The van der Waals surface area contributed by atoms with Crippen molar-refractivity contribution in [1.82, 2.24) is 4.90 Å². The molecule has 0 saturated heterocycles. The van der Waals surface area contributed by atoms with Crippen molar-refractivity contribution in [1.29, 1.82) is 0 Å². The first kappa shape index (κ1) is 14.1. The van der Waals surface area contributed by atoms with E-state index < -0.39 is 23.7 Å². The van der Waals surface area contributed by atoms with Crippen LogP contribution >= 0.6 is 0 Å². The Balaban J connectivity index is 2.06. The molecule has 5 nitrogen and oxygen atoms in total. The summed E-state index contributed by atoms with van der Waals surface area (Å²) in [6.45, 7) is 0.0991. The van der Waals surface area contributed by atoms with Gasteiger partial charge in [-0.15, -0.1) is 0 Å². The van der Waals surface area contributed by atoms with Gasteiger partial charge in [0.15, 0.2) is 6.04 Å². The molecule has 1 atom stereocenters. The monoisotopic (exact) mass is 301 g/mol. The number of aliphatic carboxylic acids is 1. The Kier molecular flexibility index (Phi) is 3.29. The van der Waals surface area contributed by atoms with Crippen LogP contribution in [0.3, 0.4) is 0 Å². The number of aromatic hydroxyl groups is 1. The maximum atomic E-state index is 13.4. The van der Waals surface area contributed by atoms with Crippen LogP contribution in [0.15, 0.2) is 42.5 Å². The fourth-order valence-electron chi connectivity index (χ4n) is 2.66. The van der Waals surface area contributed by atoms with Gasteiger partial charge in [-0.25, -0.2) is 9.18 Å². The maximum Gasteiger partial charge on any atom is 0.331 e. The Morgan fingerprint density at radius 2 is 1.95 bits per heavy atom. The molecule has 6 heteroatoms. The molecule has 1 heterocycles. The summed E-state index contributed by atoms with van der Waals surface area (Å²) in [7, 11) is 0. The number of phenols is 1. The van der Waals surface area contributed by atoms with Gasteiger partial charge < -0.3 is 15.1 Å². The smallest absolute Gasteiger partial charge is 0.331 e. The van der Waals surface area contributed by atoms with E-state index in [2.05, 4.69) is 0 Å². The van der Waals surface area contributed by atoms with Crippen molar-refractivity contribution in [2.75, 3.05) is 0 Å². The number of benzene rings is 2. The summed E-state index contributed by atoms with van der Waals surface area (Å²) in [5, 5.41) is 19.3. The largest absolute Gasteiger partial charge is 0.508 e. The van der Waals surface area contributed by atoms with Crippen LogP contribution in [0.1, 0.15) is 27.5 Å². The standard InChI is InChI=1S/C16H12FNO4/c17-10-5-6-13(19)12(7-10)14(16(21)22)18-8-9-3-1-2-4-11(9)15(18)20/h1-7,14,19H,8H2,(H,21,22). The summed E-state index contributed by atoms with van der Waals surface area (Å²) in [6, 6.07) is 8.38. The Hall–Kier alpha value is -2.89. The number of phenolic OH excluding ortho intramolecular Hbond substituents is 1. The second-order valence-electron chi connectivity index (χ2n) is 5.03. The van der Waals surface area contributed by atoms with Gasteiger partial charge in [0.2, 0.25) is 0 Å². The molecule has 0 saturated carbocycles. The van der Waals surface area contributed by atoms with Gasteiger partial charge in [0.1, 0.15) is 11.6 Å². The molecule has 0 aromatic heterocycles. The zero-order valence-electron chi connectivity index (χ0n) is 11.4. The van der Waals surface area contributed by atoms with E-state index in [4.69, 9.17) is 0 Å². The lowest BCUT2D eigenvalue weighted by atomic mass is 10.0. The molecule has 2 aromatic carbocycles. The third-order valence-corrected chi connectivity index (χ3v) is 3.68. The lowest BCUT2D eigenvalue weighted by Gasteiger charge is -2.25. The second-order valence-corrected chi connectivity index (χ2v) is 5.03. The Morgan fingerprint density at radius 1 is 1.23 bits per heavy atom. The minimum Gasteiger partial charge on any atom is -0.508 e. The van der Waals surface area contributed by atoms with Crippen molar-refractivity contribution in [3.63, 3.8) is 0 Å². The predicted molar refractivity (Wildman–Crippen MR) is 74.8 cm³/mol. The highest BCUT2D eigenvalue weighted by atomic mass is 19.1. The van der Waals surface area contributed by atoms with E-state index in [0.29, 0.717) is 11.1 Å². The Morgan fingerprint density at radius 3 is 2.64 bits per heavy atom. The van der Waals surface area contributed by atoms with Gasteiger partial charge in [-0.2, -0.15) is 0 Å². The van der Waals surface area contributed by atoms with Crippen LogP contribution in [0.4, 0.5) is 4.39 Å². The summed E-state index contributed by atoms with van der Waals surface area (Å²) in [5.41, 5.74) is 0.980. The van der Waals surface area contributed by atoms with Gasteiger partial charge in [-0.3, -0.25) is 4.79 Å². The molecule has 0 fully saturated rings. The highest BCUT2D eigenvalue weighted by Crippen LogP contribution is 2.35. The van der Waals surface area contributed by atoms with Crippen LogP contribution in [0, 0.1) is 5.82 Å². The second kappa shape index (κ2) is 5.14. The molecule has 112 valence electrons. The first-order valence-electron chi connectivity index (χ1n) is 6.59. The first-order chi connectivity index (χ1) is 10.5. The topological polar surface area (TPSA) is 77.8 Å². The molecule has 1 unspecified atom stereocenters. The number of nitrogens with zero attached hydrogens (tertiary/aromatic N) is 1. The zero-order valence-corrected chi connectivity index (χ0v) is 11.4. The van der Waals surface area contributed by atoms with Gasteiger partial charge in [0, 0.05) is 17.7 Å². The van der Waals surface area contributed by atoms with Crippen molar-refractivity contribution in [3.05, 3.63) is 65.0 Å². The highest BCUT2D eigenvalue weighted by molar-refractivity contribution is 6.00. The molecule has 2 N–H and O–H groups in total. The third kappa shape index (κ3) is 2.18. The van der Waals surface area contributed by atoms with E-state index in [1.807, 2.05) is 0 Å². The van der Waals surface area contributed by atoms with E-state index in [-0.39, 0.29) is 17.9 Å². The average molecular weight is 301 g/mol. The van der Waals surface area contributed by atoms with Crippen LogP contribution in [0.2, 0.25) is 0 Å². The van der Waals surface area contributed by atoms with Gasteiger partial charge in [-0.1, -0.05) is 18.2 Å². The van der Waals surface area contributed by atoms with Crippen LogP contribution in [0.5, 0.6) is 5.75 Å². The molecule has 1 aliphatic rings. The van der Waals surface area contributed by atoms with Crippen LogP contribution in [-0.4, -0.2) is 27.0 Å². The molecule has 0 spiro atoms. The number of carboxylic acids is 1. The Labute approximate surface area is 125 Å². The number of carbonyl (C=O) groups is 2. The number of fused-ring (bicyclic) bond motifs is 1. The summed E-state index contributed by atoms with van der Waals surface area (Å²) >= 11 is 0. The molecule has 0 radical (unpaired) electrons. The first-order valence-corrected chi connectivity index (χ1v) is 6.59. The lowest BCUT2D eigenvalue weighted by molar-refractivity contribution is -0.142. The van der Waals surface area contributed by atoms with Crippen molar-refractivity contribution in [2.24, 2.45) is 0 Å². The average Bonchev–Trinajstić information content (AvgIpc) is 2.80. The molecular weight excluding hydrogens is 289 g/mol. The number of hydrogen-bond acceptors (Lipinski definition) is 3. The number of amides is 1. The third-order valence-electron chi connectivity index (χ3n) is 3.68. The normalized spacial score (nSPS) is 14.8. The number of carboxylic acid groups (broad SMARTS) is 1. The summed E-state index contributed by atoms with van der Waals surface area (Å²) in [6.07, 6.45) is 0. The quantitative estimate of drug-likeness (QED) is 0.912. The molecule has 1 aliphatic heterocycles. The molecule has 2 aromatic rings. The van der Waals surface area contributed by atoms with E-state index >= 15 is 0 Å². The summed E-state index contributed by atoms with van der Waals surface area (Å²) in [4.78, 5) is 25.1. The fourth-order valence-corrected chi connectivity index (χ4v) is 2.66. The number of halogens is 1. The minimum atomic E-state index is -1.45. The van der Waals surface area contributed by atoms with E-state index in [9.17, 15) is 24.2 Å². The van der Waals surface area contributed by atoms with Crippen LogP contribution in [-0.2, 0) is 11.3 Å². The van der Waals surface area contributed by atoms with E-state index in [1.54, 1.807) is 24.3 Å². The summed E-state index contributed by atoms with van der Waals surface area (Å²) < 4.78 is 13.4. The van der Waals surface area contributed by atoms with Crippen molar-refractivity contribution in [2.45, 2.75) is 12.6 Å². The minimum absolute atomic E-state index is 0.0991. The SMILES string of the molecule is O=C(O)C(c1cc(F)ccc1O)N1Cc2ccccc2C1=O. The van der Waals surface area contributed by atoms with Gasteiger partial charge in [0.05, 0.1) is 0 Å². The number of hydrogen-bond donors (Lipinski definition) is 2. The van der Waals surface area contributed by atoms with E-state index in [1.165, 1.54) is 0 Å². The predicted octanol–water partition coefficient (Wildman–Crippen LogP) is 2.31. The zero-order chi connectivity index (χ0) is 15.9. The molecule has 0 bridgehead atoms. The van der Waals surface area contributed by atoms with Gasteiger partial charge in [0.25, 0.3) is 5.91 Å². The lowest BCUT2D eigenvalue weighted by Crippen LogP contribution is -2.34. The van der Waals surface area contributed by atoms with Crippen molar-refractivity contribution < 1.29 is 24.2 Å². The van der Waals surface area contributed by atoms with Gasteiger partial charge in [-0.05, 0) is 29.8 Å². The molecule has 3 rings (SSSR count). The number of carbonyl (C=O) groups excluding carboxylic acids is 1. The highest BCUT2D eigenvalue weighted by Gasteiger charge is 2.38. The van der Waals surface area contributed by atoms with Gasteiger partial charge >= 0.3 is 5.97 Å². The van der Waals surface area contributed by atoms with E-state index in [0.717, 1.165) is 23.1 Å². The molecule has 0 aliphatic carbocycles. The van der Waals surface area contributed by atoms with Crippen molar-refractivity contribution in [3.8, 4) is 5.75 Å². The molecule has 1 amide bonds. The fraction of sp³-hybridized carbons (Fsp3) is 0.125. The van der Waals surface area contributed by atoms with Crippen LogP contribution in [0.25, 0.3) is 0 Å². The molecular formula is C16H12FNO4. The Bertz CT molecular complexity index is 774. The van der Waals surface area contributed by atoms with Crippen molar-refractivity contribution >= 4 is 11.9 Å². The maximum absolute atomic E-state index is 13.4. The summed E-state index contributed by atoms with van der Waals surface area (Å²) in [5.74, 6) is -2.82. The number of rotatable bonds is 3.